The van der Waals surface area contributed by atoms with Gasteiger partial charge in [0.2, 0.25) is 5.91 Å². The Balaban J connectivity index is 2.01. The summed E-state index contributed by atoms with van der Waals surface area (Å²) < 4.78 is 0. The molecule has 2 rings (SSSR count). The molecule has 2 aromatic rings. The summed E-state index contributed by atoms with van der Waals surface area (Å²) in [5.74, 6) is -1.38. The van der Waals surface area contributed by atoms with Crippen LogP contribution in [0.4, 0.5) is 5.69 Å². The first-order chi connectivity index (χ1) is 11.5. The maximum atomic E-state index is 11.2. The molecule has 0 aliphatic rings. The molecule has 0 spiro atoms. The molecule has 0 aliphatic carbocycles. The number of anilines is 1. The van der Waals surface area contributed by atoms with Crippen molar-refractivity contribution in [3.8, 4) is 0 Å². The number of benzene rings is 2. The molecule has 1 atom stereocenters. The molecule has 0 aliphatic heterocycles. The molecule has 0 aromatic heterocycles. The molecule has 0 saturated carbocycles. The van der Waals surface area contributed by atoms with Crippen LogP contribution in [0.2, 0.25) is 0 Å². The van der Waals surface area contributed by atoms with Crippen molar-refractivity contribution in [2.24, 2.45) is 0 Å². The van der Waals surface area contributed by atoms with Crippen molar-refractivity contribution in [3.05, 3.63) is 65.7 Å². The van der Waals surface area contributed by atoms with E-state index >= 15 is 0 Å². The fourth-order valence-corrected chi connectivity index (χ4v) is 2.52. The maximum absolute atomic E-state index is 11.2. The lowest BCUT2D eigenvalue weighted by atomic mass is 10.1. The second-order valence-electron chi connectivity index (χ2n) is 5.80. The number of nitrogens with one attached hydrogen (secondary N) is 1. The molecular weight excluding hydrogens is 304 g/mol. The van der Waals surface area contributed by atoms with E-state index in [4.69, 9.17) is 5.11 Å². The number of hydrogen-bond donors (Lipinski definition) is 2. The number of nitrogens with zero attached hydrogens (tertiary/aromatic N) is 1. The molecule has 0 radical (unpaired) electrons. The van der Waals surface area contributed by atoms with E-state index in [1.165, 1.54) is 12.5 Å². The van der Waals surface area contributed by atoms with Crippen LogP contribution >= 0.6 is 0 Å². The van der Waals surface area contributed by atoms with Gasteiger partial charge in [-0.25, -0.2) is 4.79 Å². The number of rotatable bonds is 7. The van der Waals surface area contributed by atoms with Crippen LogP contribution in [0.25, 0.3) is 0 Å². The number of aliphatic carboxylic acids is 1. The largest absolute Gasteiger partial charge is 0.480 e. The Morgan fingerprint density at radius 1 is 1.04 bits per heavy atom. The summed E-state index contributed by atoms with van der Waals surface area (Å²) in [6.07, 6.45) is 0.262. The predicted octanol–water partition coefficient (Wildman–Crippen LogP) is 2.45. The topological polar surface area (TPSA) is 69.6 Å². The standard InChI is InChI=1S/C19H22N2O3/c1-14(22)20-18(19(23)24)12-15-8-10-17(11-9-15)21(2)13-16-6-4-3-5-7-16/h3-11,18H,12-13H2,1-2H3,(H,20,22)(H,23,24)/t18-/m0/s1. The summed E-state index contributed by atoms with van der Waals surface area (Å²) in [6.45, 7) is 2.11. The van der Waals surface area contributed by atoms with Crippen molar-refractivity contribution in [3.63, 3.8) is 0 Å². The van der Waals surface area contributed by atoms with Gasteiger partial charge in [-0.15, -0.1) is 0 Å². The molecule has 5 heteroatoms. The van der Waals surface area contributed by atoms with Crippen molar-refractivity contribution >= 4 is 17.6 Å². The average Bonchev–Trinajstić information content (AvgIpc) is 2.55. The van der Waals surface area contributed by atoms with Crippen molar-refractivity contribution in [1.29, 1.82) is 0 Å². The normalized spacial score (nSPS) is 11.6. The van der Waals surface area contributed by atoms with Gasteiger partial charge in [0.1, 0.15) is 6.04 Å². The first-order valence-electron chi connectivity index (χ1n) is 7.79. The van der Waals surface area contributed by atoms with Crippen LogP contribution in [0, 0.1) is 0 Å². The van der Waals surface area contributed by atoms with E-state index in [0.717, 1.165) is 17.8 Å². The summed E-state index contributed by atoms with van der Waals surface area (Å²) in [4.78, 5) is 24.4. The lowest BCUT2D eigenvalue weighted by molar-refractivity contribution is -0.141. The Hall–Kier alpha value is -2.82. The molecule has 0 saturated heterocycles. The quantitative estimate of drug-likeness (QED) is 0.820. The number of carbonyl (C=O) groups is 2. The Bertz CT molecular complexity index is 684. The summed E-state index contributed by atoms with van der Waals surface area (Å²) in [5, 5.41) is 11.6. The fraction of sp³-hybridized carbons (Fsp3) is 0.263. The molecule has 0 bridgehead atoms. The first-order valence-corrected chi connectivity index (χ1v) is 7.79. The van der Waals surface area contributed by atoms with Crippen molar-refractivity contribution in [2.45, 2.75) is 25.9 Å². The van der Waals surface area contributed by atoms with Crippen molar-refractivity contribution in [1.82, 2.24) is 5.32 Å². The summed E-state index contributed by atoms with van der Waals surface area (Å²) >= 11 is 0. The van der Waals surface area contributed by atoms with Gasteiger partial charge in [-0.05, 0) is 23.3 Å². The van der Waals surface area contributed by atoms with Gasteiger partial charge in [-0.1, -0.05) is 42.5 Å². The van der Waals surface area contributed by atoms with Crippen LogP contribution < -0.4 is 10.2 Å². The minimum absolute atomic E-state index is 0.262. The Morgan fingerprint density at radius 2 is 1.67 bits per heavy atom. The third kappa shape index (κ3) is 5.12. The SMILES string of the molecule is CC(=O)N[C@@H](Cc1ccc(N(C)Cc2ccccc2)cc1)C(=O)O. The summed E-state index contributed by atoms with van der Waals surface area (Å²) in [6, 6.07) is 17.0. The van der Waals surface area contributed by atoms with Gasteiger partial charge in [-0.2, -0.15) is 0 Å². The summed E-state index contributed by atoms with van der Waals surface area (Å²) in [7, 11) is 2.01. The number of carboxylic acid groups (broad SMARTS) is 1. The van der Waals surface area contributed by atoms with Crippen molar-refractivity contribution in [2.75, 3.05) is 11.9 Å². The number of carboxylic acids is 1. The van der Waals surface area contributed by atoms with Crippen LogP contribution in [0.3, 0.4) is 0 Å². The molecular formula is C19H22N2O3. The van der Waals surface area contributed by atoms with Gasteiger partial charge < -0.3 is 15.3 Å². The minimum Gasteiger partial charge on any atom is -0.480 e. The van der Waals surface area contributed by atoms with Gasteiger partial charge in [0.05, 0.1) is 0 Å². The molecule has 2 aromatic carbocycles. The van der Waals surface area contributed by atoms with E-state index in [1.54, 1.807) is 0 Å². The van der Waals surface area contributed by atoms with Gasteiger partial charge in [0.15, 0.2) is 0 Å². The Labute approximate surface area is 141 Å². The molecule has 0 heterocycles. The molecule has 5 nitrogen and oxygen atoms in total. The number of carbonyl (C=O) groups excluding carboxylic acids is 1. The van der Waals surface area contributed by atoms with Gasteiger partial charge in [0, 0.05) is 32.6 Å². The second-order valence-corrected chi connectivity index (χ2v) is 5.80. The molecule has 2 N–H and O–H groups in total. The van der Waals surface area contributed by atoms with Crippen LogP contribution in [0.5, 0.6) is 0 Å². The Morgan fingerprint density at radius 3 is 2.21 bits per heavy atom. The van der Waals surface area contributed by atoms with Gasteiger partial charge >= 0.3 is 5.97 Å². The lowest BCUT2D eigenvalue weighted by Crippen LogP contribution is -2.41. The van der Waals surface area contributed by atoms with Gasteiger partial charge in [0.25, 0.3) is 0 Å². The molecule has 1 amide bonds. The fourth-order valence-electron chi connectivity index (χ4n) is 2.52. The lowest BCUT2D eigenvalue weighted by Gasteiger charge is -2.20. The monoisotopic (exact) mass is 326 g/mol. The predicted molar refractivity (Wildman–Crippen MR) is 93.9 cm³/mol. The number of amides is 1. The Kier molecular flexibility index (Phi) is 5.95. The van der Waals surface area contributed by atoms with Crippen LogP contribution in [0.1, 0.15) is 18.1 Å². The zero-order chi connectivity index (χ0) is 17.5. The third-order valence-electron chi connectivity index (χ3n) is 3.76. The molecule has 0 fully saturated rings. The minimum atomic E-state index is -1.03. The third-order valence-corrected chi connectivity index (χ3v) is 3.76. The number of hydrogen-bond acceptors (Lipinski definition) is 3. The van der Waals surface area contributed by atoms with Crippen LogP contribution in [0.15, 0.2) is 54.6 Å². The maximum Gasteiger partial charge on any atom is 0.326 e. The van der Waals surface area contributed by atoms with Gasteiger partial charge in [-0.3, -0.25) is 4.79 Å². The highest BCUT2D eigenvalue weighted by atomic mass is 16.4. The molecule has 0 unspecified atom stereocenters. The van der Waals surface area contributed by atoms with E-state index in [-0.39, 0.29) is 12.3 Å². The zero-order valence-corrected chi connectivity index (χ0v) is 13.9. The van der Waals surface area contributed by atoms with E-state index < -0.39 is 12.0 Å². The van der Waals surface area contributed by atoms with Crippen molar-refractivity contribution < 1.29 is 14.7 Å². The first kappa shape index (κ1) is 17.5. The van der Waals surface area contributed by atoms with E-state index in [9.17, 15) is 9.59 Å². The van der Waals surface area contributed by atoms with Crippen LogP contribution in [-0.4, -0.2) is 30.1 Å². The summed E-state index contributed by atoms with van der Waals surface area (Å²) in [5.41, 5.74) is 3.14. The van der Waals surface area contributed by atoms with E-state index in [2.05, 4.69) is 22.3 Å². The average molecular weight is 326 g/mol. The van der Waals surface area contributed by atoms with E-state index in [0.29, 0.717) is 0 Å². The highest BCUT2D eigenvalue weighted by molar-refractivity contribution is 5.82. The second kappa shape index (κ2) is 8.15. The smallest absolute Gasteiger partial charge is 0.326 e. The van der Waals surface area contributed by atoms with Crippen LogP contribution in [-0.2, 0) is 22.6 Å². The zero-order valence-electron chi connectivity index (χ0n) is 13.9. The highest BCUT2D eigenvalue weighted by Gasteiger charge is 2.18. The molecule has 24 heavy (non-hydrogen) atoms. The molecule has 126 valence electrons. The van der Waals surface area contributed by atoms with E-state index in [1.807, 2.05) is 49.5 Å². The highest BCUT2D eigenvalue weighted by Crippen LogP contribution is 2.17.